The van der Waals surface area contributed by atoms with E-state index < -0.39 is 49.5 Å². The maximum absolute atomic E-state index is 12.8. The average molecular weight is 670 g/mol. The van der Waals surface area contributed by atoms with Gasteiger partial charge in [-0.1, -0.05) is 141 Å². The van der Waals surface area contributed by atoms with E-state index in [1.807, 2.05) is 6.08 Å². The van der Waals surface area contributed by atoms with Gasteiger partial charge in [-0.05, 0) is 32.1 Å². The zero-order valence-electron chi connectivity index (χ0n) is 29.8. The van der Waals surface area contributed by atoms with Gasteiger partial charge in [0.25, 0.3) is 0 Å². The SMILES string of the molecule is CCCCCC/C=C/CC/C=C/C(O)C(COC1OC(CO)C(O)C(O)C1O)NC(=O)CCCCCCCCCCCCCCCC. The minimum atomic E-state index is -1.57. The molecule has 1 saturated heterocycles. The Morgan fingerprint density at radius 1 is 0.702 bits per heavy atom. The molecule has 6 N–H and O–H groups in total. The molecule has 1 aliphatic rings. The summed E-state index contributed by atoms with van der Waals surface area (Å²) in [5.41, 5.74) is 0. The van der Waals surface area contributed by atoms with Gasteiger partial charge < -0.3 is 40.3 Å². The van der Waals surface area contributed by atoms with Crippen LogP contribution < -0.4 is 5.32 Å². The van der Waals surface area contributed by atoms with Crippen LogP contribution in [0.4, 0.5) is 0 Å². The topological polar surface area (TPSA) is 149 Å². The summed E-state index contributed by atoms with van der Waals surface area (Å²) < 4.78 is 11.1. The van der Waals surface area contributed by atoms with Crippen molar-refractivity contribution in [2.24, 2.45) is 0 Å². The summed E-state index contributed by atoms with van der Waals surface area (Å²) in [5.74, 6) is -0.190. The van der Waals surface area contributed by atoms with Gasteiger partial charge in [-0.2, -0.15) is 0 Å². The highest BCUT2D eigenvalue weighted by atomic mass is 16.7. The highest BCUT2D eigenvalue weighted by Crippen LogP contribution is 2.22. The molecule has 1 rings (SSSR count). The molecule has 0 aromatic rings. The molecule has 0 bridgehead atoms. The Bertz CT molecular complexity index is 792. The normalized spacial score (nSPS) is 23.1. The van der Waals surface area contributed by atoms with E-state index in [0.29, 0.717) is 6.42 Å². The second kappa shape index (κ2) is 29.6. The van der Waals surface area contributed by atoms with Crippen LogP contribution in [0.1, 0.15) is 155 Å². The minimum absolute atomic E-state index is 0.190. The number of hydrogen-bond acceptors (Lipinski definition) is 8. The standard InChI is InChI=1S/C38H71NO8/c1-3-5-7-9-11-13-15-16-17-18-20-22-24-26-28-34(42)39-31(30-46-38-37(45)36(44)35(43)33(29-40)47-38)32(41)27-25-23-21-19-14-12-10-8-6-4-2/h14,19,25,27,31-33,35-38,40-41,43-45H,3-13,15-18,20-24,26,28-30H2,1-2H3,(H,39,42)/b19-14+,27-25+. The number of hydrogen-bond donors (Lipinski definition) is 6. The van der Waals surface area contributed by atoms with Crippen molar-refractivity contribution < 1.29 is 39.8 Å². The van der Waals surface area contributed by atoms with Crippen LogP contribution in [0.5, 0.6) is 0 Å². The third-order valence-electron chi connectivity index (χ3n) is 9.03. The van der Waals surface area contributed by atoms with Crippen LogP contribution in [0.3, 0.4) is 0 Å². The van der Waals surface area contributed by atoms with Crippen LogP contribution in [-0.4, -0.2) is 87.5 Å². The van der Waals surface area contributed by atoms with Crippen molar-refractivity contribution in [2.75, 3.05) is 13.2 Å². The van der Waals surface area contributed by atoms with E-state index in [2.05, 4.69) is 31.3 Å². The number of ether oxygens (including phenoxy) is 2. The number of nitrogens with one attached hydrogen (secondary N) is 1. The van der Waals surface area contributed by atoms with Crippen molar-refractivity contribution in [3.05, 3.63) is 24.3 Å². The molecule has 1 aliphatic heterocycles. The van der Waals surface area contributed by atoms with Crippen LogP contribution in [0.25, 0.3) is 0 Å². The van der Waals surface area contributed by atoms with E-state index in [9.17, 15) is 30.3 Å². The smallest absolute Gasteiger partial charge is 0.220 e. The molecule has 0 radical (unpaired) electrons. The molecule has 1 fully saturated rings. The lowest BCUT2D eigenvalue weighted by Gasteiger charge is -2.40. The molecule has 0 aromatic carbocycles. The predicted octanol–water partition coefficient (Wildman–Crippen LogP) is 6.38. The Balaban J connectivity index is 2.46. The van der Waals surface area contributed by atoms with E-state index in [1.165, 1.54) is 96.3 Å². The lowest BCUT2D eigenvalue weighted by atomic mass is 9.99. The molecular formula is C38H71NO8. The first-order valence-corrected chi connectivity index (χ1v) is 19.1. The fourth-order valence-corrected chi connectivity index (χ4v) is 5.88. The third kappa shape index (κ3) is 21.4. The highest BCUT2D eigenvalue weighted by molar-refractivity contribution is 5.76. The summed E-state index contributed by atoms with van der Waals surface area (Å²) in [6.07, 6.45) is 25.1. The zero-order chi connectivity index (χ0) is 34.5. The number of carbonyl (C=O) groups is 1. The first kappa shape index (κ1) is 43.7. The van der Waals surface area contributed by atoms with Gasteiger partial charge in [0.1, 0.15) is 24.4 Å². The van der Waals surface area contributed by atoms with Crippen LogP contribution in [0.2, 0.25) is 0 Å². The van der Waals surface area contributed by atoms with E-state index in [1.54, 1.807) is 6.08 Å². The van der Waals surface area contributed by atoms with Gasteiger partial charge in [0.15, 0.2) is 6.29 Å². The number of allylic oxidation sites excluding steroid dienone is 3. The van der Waals surface area contributed by atoms with Gasteiger partial charge in [-0.25, -0.2) is 0 Å². The van der Waals surface area contributed by atoms with Gasteiger partial charge in [0.2, 0.25) is 5.91 Å². The lowest BCUT2D eigenvalue weighted by molar-refractivity contribution is -0.302. The molecule has 0 spiro atoms. The van der Waals surface area contributed by atoms with Crippen molar-refractivity contribution in [3.63, 3.8) is 0 Å². The first-order valence-electron chi connectivity index (χ1n) is 19.1. The summed E-state index contributed by atoms with van der Waals surface area (Å²) in [7, 11) is 0. The van der Waals surface area contributed by atoms with Gasteiger partial charge in [0, 0.05) is 6.42 Å². The Kier molecular flexibility index (Phi) is 27.5. The van der Waals surface area contributed by atoms with E-state index in [-0.39, 0.29) is 12.5 Å². The quantitative estimate of drug-likeness (QED) is 0.0381. The summed E-state index contributed by atoms with van der Waals surface area (Å²) in [6, 6.07) is -0.813. The monoisotopic (exact) mass is 670 g/mol. The molecule has 7 unspecified atom stereocenters. The third-order valence-corrected chi connectivity index (χ3v) is 9.03. The van der Waals surface area contributed by atoms with Crippen molar-refractivity contribution in [1.82, 2.24) is 5.32 Å². The second-order valence-corrected chi connectivity index (χ2v) is 13.4. The summed E-state index contributed by atoms with van der Waals surface area (Å²) in [6.45, 7) is 3.69. The molecule has 0 saturated carbocycles. The Morgan fingerprint density at radius 3 is 1.79 bits per heavy atom. The lowest BCUT2D eigenvalue weighted by Crippen LogP contribution is -2.60. The highest BCUT2D eigenvalue weighted by Gasteiger charge is 2.44. The van der Waals surface area contributed by atoms with Crippen molar-refractivity contribution >= 4 is 5.91 Å². The summed E-state index contributed by atoms with van der Waals surface area (Å²) in [4.78, 5) is 12.8. The van der Waals surface area contributed by atoms with Crippen molar-refractivity contribution in [3.8, 4) is 0 Å². The molecule has 276 valence electrons. The number of amides is 1. The fourth-order valence-electron chi connectivity index (χ4n) is 5.88. The van der Waals surface area contributed by atoms with Crippen molar-refractivity contribution in [1.29, 1.82) is 0 Å². The number of aliphatic hydroxyl groups excluding tert-OH is 5. The molecule has 47 heavy (non-hydrogen) atoms. The Hall–Kier alpha value is -1.33. The second-order valence-electron chi connectivity index (χ2n) is 13.4. The summed E-state index contributed by atoms with van der Waals surface area (Å²) in [5, 5.41) is 53.8. The Labute approximate surface area is 286 Å². The van der Waals surface area contributed by atoms with Gasteiger partial charge in [-0.3, -0.25) is 4.79 Å². The van der Waals surface area contributed by atoms with Crippen LogP contribution >= 0.6 is 0 Å². The Morgan fingerprint density at radius 2 is 1.21 bits per heavy atom. The predicted molar refractivity (Wildman–Crippen MR) is 189 cm³/mol. The first-order chi connectivity index (χ1) is 22.8. The molecule has 9 heteroatoms. The van der Waals surface area contributed by atoms with Gasteiger partial charge >= 0.3 is 0 Å². The van der Waals surface area contributed by atoms with Crippen LogP contribution in [0, 0.1) is 0 Å². The molecule has 1 heterocycles. The maximum atomic E-state index is 12.8. The van der Waals surface area contributed by atoms with E-state index >= 15 is 0 Å². The van der Waals surface area contributed by atoms with Gasteiger partial charge in [-0.15, -0.1) is 0 Å². The number of aliphatic hydroxyl groups is 5. The van der Waals surface area contributed by atoms with E-state index in [4.69, 9.17) is 9.47 Å². The van der Waals surface area contributed by atoms with E-state index in [0.717, 1.165) is 38.5 Å². The van der Waals surface area contributed by atoms with Crippen LogP contribution in [-0.2, 0) is 14.3 Å². The summed E-state index contributed by atoms with van der Waals surface area (Å²) >= 11 is 0. The molecule has 7 atom stereocenters. The fraction of sp³-hybridized carbons (Fsp3) is 0.868. The van der Waals surface area contributed by atoms with Crippen molar-refractivity contribution in [2.45, 2.75) is 198 Å². The minimum Gasteiger partial charge on any atom is -0.394 e. The largest absolute Gasteiger partial charge is 0.394 e. The molecule has 9 nitrogen and oxygen atoms in total. The molecule has 0 aromatic heterocycles. The molecule has 0 aliphatic carbocycles. The maximum Gasteiger partial charge on any atom is 0.220 e. The molecular weight excluding hydrogens is 598 g/mol. The van der Waals surface area contributed by atoms with Crippen LogP contribution in [0.15, 0.2) is 24.3 Å². The average Bonchev–Trinajstić information content (AvgIpc) is 3.07. The number of carbonyl (C=O) groups excluding carboxylic acids is 1. The van der Waals surface area contributed by atoms with Gasteiger partial charge in [0.05, 0.1) is 25.4 Å². The number of unbranched alkanes of at least 4 members (excludes halogenated alkanes) is 18. The molecule has 1 amide bonds. The zero-order valence-corrected chi connectivity index (χ0v) is 29.8. The number of rotatable bonds is 30.